The standard InChI is InChI=1S/C29H45NO8/c1-15(2)21-14-24(35-18(5)32)29(9,38-20(7)34)26-23-13-16(3)22(30(10)17(4)31)11-12-28(8,37-19(6)33)27(36-23)25(21)26/h15,21-27H,3,11-14H2,1-2,4-10H3/t21-,22+,23-,24+,25-,26-,27-,28-,29-/m0/s1. The van der Waals surface area contributed by atoms with E-state index < -0.39 is 47.4 Å². The van der Waals surface area contributed by atoms with Crippen LogP contribution in [0.5, 0.6) is 0 Å². The third-order valence-electron chi connectivity index (χ3n) is 9.09. The summed E-state index contributed by atoms with van der Waals surface area (Å²) in [5.74, 6) is -1.70. The smallest absolute Gasteiger partial charge is 0.303 e. The molecule has 3 rings (SSSR count). The number of ether oxygens (including phenoxy) is 4. The van der Waals surface area contributed by atoms with Crippen molar-refractivity contribution in [1.82, 2.24) is 4.90 Å². The van der Waals surface area contributed by atoms with Gasteiger partial charge in [0.15, 0.2) is 5.60 Å². The van der Waals surface area contributed by atoms with Gasteiger partial charge in [-0.05, 0) is 51.4 Å². The minimum atomic E-state index is -1.18. The zero-order chi connectivity index (χ0) is 28.7. The third kappa shape index (κ3) is 5.63. The molecular weight excluding hydrogens is 490 g/mol. The van der Waals surface area contributed by atoms with E-state index in [-0.39, 0.29) is 35.6 Å². The average molecular weight is 536 g/mol. The number of rotatable bonds is 5. The van der Waals surface area contributed by atoms with Crippen LogP contribution in [0.4, 0.5) is 0 Å². The van der Waals surface area contributed by atoms with Gasteiger partial charge in [-0.3, -0.25) is 19.2 Å². The Kier molecular flexibility index (Phi) is 8.71. The lowest BCUT2D eigenvalue weighted by atomic mass is 9.56. The molecule has 0 N–H and O–H groups in total. The molecule has 1 saturated carbocycles. The number of esters is 3. The number of carbonyl (C=O) groups excluding carboxylic acids is 4. The van der Waals surface area contributed by atoms with Gasteiger partial charge in [0.1, 0.15) is 17.8 Å². The van der Waals surface area contributed by atoms with Crippen molar-refractivity contribution in [3.8, 4) is 0 Å². The maximum atomic E-state index is 12.5. The highest BCUT2D eigenvalue weighted by atomic mass is 16.6. The molecule has 38 heavy (non-hydrogen) atoms. The van der Waals surface area contributed by atoms with Gasteiger partial charge in [-0.1, -0.05) is 26.0 Å². The second-order valence-corrected chi connectivity index (χ2v) is 12.2. The molecule has 1 amide bonds. The largest absolute Gasteiger partial charge is 0.458 e. The van der Waals surface area contributed by atoms with Crippen molar-refractivity contribution in [3.63, 3.8) is 0 Å². The lowest BCUT2D eigenvalue weighted by Gasteiger charge is -2.53. The van der Waals surface area contributed by atoms with E-state index in [1.165, 1.54) is 27.7 Å². The molecule has 0 radical (unpaired) electrons. The number of nitrogens with zero attached hydrogens (tertiary/aromatic N) is 1. The zero-order valence-corrected chi connectivity index (χ0v) is 24.4. The topological polar surface area (TPSA) is 108 Å². The quantitative estimate of drug-likeness (QED) is 0.297. The van der Waals surface area contributed by atoms with Crippen molar-refractivity contribution in [2.45, 2.75) is 117 Å². The van der Waals surface area contributed by atoms with Crippen LogP contribution in [0.25, 0.3) is 0 Å². The summed E-state index contributed by atoms with van der Waals surface area (Å²) >= 11 is 0. The van der Waals surface area contributed by atoms with Crippen LogP contribution in [-0.2, 0) is 38.1 Å². The number of hydrogen-bond donors (Lipinski definition) is 0. The van der Waals surface area contributed by atoms with Crippen LogP contribution in [0.3, 0.4) is 0 Å². The van der Waals surface area contributed by atoms with E-state index in [1.807, 2.05) is 13.8 Å². The van der Waals surface area contributed by atoms with Crippen molar-refractivity contribution < 1.29 is 38.1 Å². The first-order valence-corrected chi connectivity index (χ1v) is 13.6. The van der Waals surface area contributed by atoms with Gasteiger partial charge in [0.25, 0.3) is 0 Å². The minimum Gasteiger partial charge on any atom is -0.458 e. The van der Waals surface area contributed by atoms with E-state index in [0.29, 0.717) is 25.7 Å². The van der Waals surface area contributed by atoms with E-state index >= 15 is 0 Å². The molecule has 0 unspecified atom stereocenters. The molecule has 2 bridgehead atoms. The fourth-order valence-electron chi connectivity index (χ4n) is 7.44. The van der Waals surface area contributed by atoms with Crippen molar-refractivity contribution in [1.29, 1.82) is 0 Å². The van der Waals surface area contributed by atoms with Crippen LogP contribution in [0.2, 0.25) is 0 Å². The highest BCUT2D eigenvalue weighted by Gasteiger charge is 2.67. The maximum Gasteiger partial charge on any atom is 0.303 e. The summed E-state index contributed by atoms with van der Waals surface area (Å²) in [6.45, 7) is 17.9. The van der Waals surface area contributed by atoms with E-state index in [1.54, 1.807) is 11.9 Å². The number of likely N-dealkylation sites (N-methyl/N-ethyl adjacent to an activating group) is 1. The van der Waals surface area contributed by atoms with Gasteiger partial charge in [0.05, 0.1) is 12.1 Å². The molecule has 1 aliphatic carbocycles. The van der Waals surface area contributed by atoms with E-state index in [0.717, 1.165) is 5.57 Å². The van der Waals surface area contributed by atoms with E-state index in [2.05, 4.69) is 20.4 Å². The van der Waals surface area contributed by atoms with Crippen molar-refractivity contribution in [2.75, 3.05) is 7.05 Å². The van der Waals surface area contributed by atoms with Crippen molar-refractivity contribution >= 4 is 23.8 Å². The second-order valence-electron chi connectivity index (χ2n) is 12.2. The highest BCUT2D eigenvalue weighted by molar-refractivity contribution is 5.73. The molecule has 3 aliphatic rings. The zero-order valence-electron chi connectivity index (χ0n) is 24.4. The molecule has 9 nitrogen and oxygen atoms in total. The highest BCUT2D eigenvalue weighted by Crippen LogP contribution is 2.59. The van der Waals surface area contributed by atoms with Crippen LogP contribution < -0.4 is 0 Å². The van der Waals surface area contributed by atoms with Crippen LogP contribution in [0.15, 0.2) is 12.2 Å². The molecular formula is C29H45NO8. The number of hydrogen-bond acceptors (Lipinski definition) is 8. The molecule has 2 saturated heterocycles. The molecule has 0 spiro atoms. The Morgan fingerprint density at radius 2 is 1.63 bits per heavy atom. The molecule has 9 atom stereocenters. The number of fused-ring (bicyclic) bond motifs is 5. The fourth-order valence-corrected chi connectivity index (χ4v) is 7.44. The van der Waals surface area contributed by atoms with Gasteiger partial charge in [0.2, 0.25) is 5.91 Å². The first-order valence-electron chi connectivity index (χ1n) is 13.6. The first kappa shape index (κ1) is 30.1. The molecule has 214 valence electrons. The van der Waals surface area contributed by atoms with E-state index in [9.17, 15) is 19.2 Å². The fraction of sp³-hybridized carbons (Fsp3) is 0.793. The molecule has 2 heterocycles. The second kappa shape index (κ2) is 11.0. The summed E-state index contributed by atoms with van der Waals surface area (Å²) in [6, 6.07) is -0.280. The van der Waals surface area contributed by atoms with Crippen LogP contribution in [-0.4, -0.2) is 71.3 Å². The van der Waals surface area contributed by atoms with Crippen molar-refractivity contribution in [3.05, 3.63) is 12.2 Å². The molecule has 2 aliphatic heterocycles. The normalized spacial score (nSPS) is 38.8. The summed E-state index contributed by atoms with van der Waals surface area (Å²) < 4.78 is 24.8. The molecule has 0 aromatic rings. The summed E-state index contributed by atoms with van der Waals surface area (Å²) in [7, 11) is 1.75. The molecule has 3 fully saturated rings. The SMILES string of the molecule is C=C1C[C@@H]2O[C@@H]([C@@H]3[C@H]2[C@@](C)(OC(C)=O)[C@H](OC(C)=O)C[C@H]3C(C)C)[C@@](C)(OC(C)=O)CC[C@H]1N(C)C(C)=O. The summed E-state index contributed by atoms with van der Waals surface area (Å²) in [4.78, 5) is 51.1. The summed E-state index contributed by atoms with van der Waals surface area (Å²) in [5.41, 5.74) is -1.35. The average Bonchev–Trinajstić information content (AvgIpc) is 3.16. The number of amides is 1. The molecule has 0 aromatic heterocycles. The Morgan fingerprint density at radius 3 is 2.13 bits per heavy atom. The predicted octanol–water partition coefficient (Wildman–Crippen LogP) is 3.82. The van der Waals surface area contributed by atoms with Gasteiger partial charge in [0, 0.05) is 46.6 Å². The summed E-state index contributed by atoms with van der Waals surface area (Å²) in [6.07, 6.45) is 0.304. The molecule has 0 aromatic carbocycles. The first-order chi connectivity index (χ1) is 17.5. The molecule has 9 heteroatoms. The van der Waals surface area contributed by atoms with Gasteiger partial charge in [-0.25, -0.2) is 0 Å². The Morgan fingerprint density at radius 1 is 1.03 bits per heavy atom. The van der Waals surface area contributed by atoms with Crippen LogP contribution >= 0.6 is 0 Å². The maximum absolute atomic E-state index is 12.5. The minimum absolute atomic E-state index is 0.0428. The lowest BCUT2D eigenvalue weighted by molar-refractivity contribution is -0.215. The number of carbonyl (C=O) groups is 4. The van der Waals surface area contributed by atoms with Crippen LogP contribution in [0, 0.1) is 23.7 Å². The van der Waals surface area contributed by atoms with Gasteiger partial charge in [-0.2, -0.15) is 0 Å². The Labute approximate surface area is 226 Å². The monoisotopic (exact) mass is 535 g/mol. The van der Waals surface area contributed by atoms with Gasteiger partial charge in [-0.15, -0.1) is 0 Å². The van der Waals surface area contributed by atoms with Crippen molar-refractivity contribution in [2.24, 2.45) is 23.7 Å². The third-order valence-corrected chi connectivity index (χ3v) is 9.09. The lowest BCUT2D eigenvalue weighted by Crippen LogP contribution is -2.63. The summed E-state index contributed by atoms with van der Waals surface area (Å²) in [5, 5.41) is 0. The van der Waals surface area contributed by atoms with Gasteiger partial charge < -0.3 is 23.8 Å². The van der Waals surface area contributed by atoms with Gasteiger partial charge >= 0.3 is 17.9 Å². The Bertz CT molecular complexity index is 978. The van der Waals surface area contributed by atoms with E-state index in [4.69, 9.17) is 18.9 Å². The Hall–Kier alpha value is -2.42. The van der Waals surface area contributed by atoms with Crippen LogP contribution in [0.1, 0.15) is 81.1 Å². The predicted molar refractivity (Wildman–Crippen MR) is 140 cm³/mol. The Balaban J connectivity index is 2.22.